The van der Waals surface area contributed by atoms with Gasteiger partial charge in [-0.3, -0.25) is 14.5 Å². The van der Waals surface area contributed by atoms with Crippen LogP contribution in [0.4, 0.5) is 5.69 Å². The smallest absolute Gasteiger partial charge is 0.250 e. The molecule has 1 unspecified atom stereocenters. The third-order valence-corrected chi connectivity index (χ3v) is 2.87. The van der Waals surface area contributed by atoms with Crippen molar-refractivity contribution in [2.45, 2.75) is 0 Å². The third kappa shape index (κ3) is 2.82. The van der Waals surface area contributed by atoms with Crippen LogP contribution in [0, 0.1) is 0 Å². The number of nitrogens with two attached hydrogens (primary N) is 1. The van der Waals surface area contributed by atoms with Crippen LogP contribution in [0.15, 0.2) is 36.7 Å². The van der Waals surface area contributed by atoms with E-state index in [2.05, 4.69) is 9.82 Å². The van der Waals surface area contributed by atoms with Crippen molar-refractivity contribution >= 4 is 27.7 Å². The zero-order valence-electron chi connectivity index (χ0n) is 9.61. The van der Waals surface area contributed by atoms with E-state index in [1.54, 1.807) is 17.4 Å². The Morgan fingerprint density at radius 2 is 2.28 bits per heavy atom. The van der Waals surface area contributed by atoms with Gasteiger partial charge in [0.1, 0.15) is 0 Å². The maximum Gasteiger partial charge on any atom is 0.250 e. The van der Waals surface area contributed by atoms with Gasteiger partial charge in [-0.05, 0) is 12.1 Å². The van der Waals surface area contributed by atoms with E-state index >= 15 is 0 Å². The van der Waals surface area contributed by atoms with Crippen LogP contribution in [-0.2, 0) is 11.3 Å². The molecule has 4 N–H and O–H groups in total. The Morgan fingerprint density at radius 1 is 1.44 bits per heavy atom. The van der Waals surface area contributed by atoms with Crippen molar-refractivity contribution in [3.63, 3.8) is 0 Å². The molecule has 0 aliphatic carbocycles. The molecule has 0 saturated carbocycles. The Hall–Kier alpha value is -1.54. The SMILES string of the molecule is NCCN(NS(=O)O)c1cccc2cnccc12. The first-order valence-electron chi connectivity index (χ1n) is 5.40. The molecular formula is C11H14N4O2S. The fourth-order valence-electron chi connectivity index (χ4n) is 1.78. The molecule has 7 heteroatoms. The van der Waals surface area contributed by atoms with E-state index in [9.17, 15) is 4.21 Å². The summed E-state index contributed by atoms with van der Waals surface area (Å²) in [4.78, 5) is 6.50. The highest BCUT2D eigenvalue weighted by Gasteiger charge is 2.10. The molecule has 1 aromatic heterocycles. The molecule has 0 radical (unpaired) electrons. The number of nitrogens with zero attached hydrogens (tertiary/aromatic N) is 2. The minimum Gasteiger partial charge on any atom is -0.329 e. The molecule has 0 spiro atoms. The molecule has 0 amide bonds. The number of hydrazine groups is 1. The Balaban J connectivity index is 2.46. The van der Waals surface area contributed by atoms with E-state index in [1.807, 2.05) is 24.3 Å². The van der Waals surface area contributed by atoms with Crippen LogP contribution < -0.4 is 15.6 Å². The number of anilines is 1. The molecule has 1 atom stereocenters. The van der Waals surface area contributed by atoms with Crippen molar-refractivity contribution in [3.8, 4) is 0 Å². The number of nitrogens with one attached hydrogen (secondary N) is 1. The molecule has 1 heterocycles. The fraction of sp³-hybridized carbons (Fsp3) is 0.182. The molecule has 0 bridgehead atoms. The largest absolute Gasteiger partial charge is 0.329 e. The summed E-state index contributed by atoms with van der Waals surface area (Å²) >= 11 is -2.14. The highest BCUT2D eigenvalue weighted by molar-refractivity contribution is 7.77. The van der Waals surface area contributed by atoms with Gasteiger partial charge in [-0.2, -0.15) is 0 Å². The van der Waals surface area contributed by atoms with Crippen molar-refractivity contribution in [2.75, 3.05) is 18.1 Å². The van der Waals surface area contributed by atoms with Gasteiger partial charge in [-0.1, -0.05) is 12.1 Å². The average Bonchev–Trinajstić information content (AvgIpc) is 2.37. The van der Waals surface area contributed by atoms with Crippen LogP contribution in [0.2, 0.25) is 0 Å². The van der Waals surface area contributed by atoms with Crippen molar-refractivity contribution < 1.29 is 8.76 Å². The second-order valence-corrected chi connectivity index (χ2v) is 4.34. The van der Waals surface area contributed by atoms with Crippen LogP contribution in [0.1, 0.15) is 0 Å². The Kier molecular flexibility index (Phi) is 4.21. The zero-order chi connectivity index (χ0) is 13.0. The highest BCUT2D eigenvalue weighted by Crippen LogP contribution is 2.24. The summed E-state index contributed by atoms with van der Waals surface area (Å²) < 4.78 is 19.8. The number of hydrogen-bond donors (Lipinski definition) is 3. The van der Waals surface area contributed by atoms with Gasteiger partial charge in [0, 0.05) is 36.3 Å². The van der Waals surface area contributed by atoms with Crippen molar-refractivity contribution in [3.05, 3.63) is 36.7 Å². The molecule has 2 rings (SSSR count). The predicted molar refractivity (Wildman–Crippen MR) is 72.1 cm³/mol. The average molecular weight is 266 g/mol. The number of benzene rings is 1. The van der Waals surface area contributed by atoms with Crippen molar-refractivity contribution in [2.24, 2.45) is 5.73 Å². The second-order valence-electron chi connectivity index (χ2n) is 3.65. The van der Waals surface area contributed by atoms with E-state index < -0.39 is 11.3 Å². The first-order valence-corrected chi connectivity index (χ1v) is 6.50. The topological polar surface area (TPSA) is 91.5 Å². The molecule has 0 aliphatic heterocycles. The molecule has 0 fully saturated rings. The predicted octanol–water partition coefficient (Wildman–Crippen LogP) is 0.641. The van der Waals surface area contributed by atoms with E-state index in [1.165, 1.54) is 0 Å². The Labute approximate surface area is 107 Å². The van der Waals surface area contributed by atoms with E-state index in [-0.39, 0.29) is 0 Å². The highest BCUT2D eigenvalue weighted by atomic mass is 32.2. The van der Waals surface area contributed by atoms with Gasteiger partial charge >= 0.3 is 0 Å². The van der Waals surface area contributed by atoms with Crippen molar-refractivity contribution in [1.29, 1.82) is 0 Å². The monoisotopic (exact) mass is 266 g/mol. The Morgan fingerprint density at radius 3 is 3.00 bits per heavy atom. The van der Waals surface area contributed by atoms with Crippen LogP contribution in [0.5, 0.6) is 0 Å². The molecule has 0 aliphatic rings. The lowest BCUT2D eigenvalue weighted by Crippen LogP contribution is -2.42. The summed E-state index contributed by atoms with van der Waals surface area (Å²) in [5.74, 6) is 0. The lowest BCUT2D eigenvalue weighted by molar-refractivity contribution is 0.544. The summed E-state index contributed by atoms with van der Waals surface area (Å²) in [6.45, 7) is 0.791. The molecule has 96 valence electrons. The number of aromatic nitrogens is 1. The van der Waals surface area contributed by atoms with E-state index in [0.717, 1.165) is 16.5 Å². The lowest BCUT2D eigenvalue weighted by Gasteiger charge is -2.23. The van der Waals surface area contributed by atoms with Gasteiger partial charge in [0.15, 0.2) is 0 Å². The first-order chi connectivity index (χ1) is 8.72. The molecule has 18 heavy (non-hydrogen) atoms. The van der Waals surface area contributed by atoms with Gasteiger partial charge in [0.25, 0.3) is 11.3 Å². The number of fused-ring (bicyclic) bond motifs is 1. The summed E-state index contributed by atoms with van der Waals surface area (Å²) in [5, 5.41) is 3.47. The molecule has 0 saturated heterocycles. The number of rotatable bonds is 5. The standard InChI is InChI=1S/C11H14N4O2S/c12-5-7-15(14-18(16)17)11-3-1-2-9-8-13-6-4-10(9)11/h1-4,6,8,14H,5,7,12H2,(H,16,17). The molecular weight excluding hydrogens is 252 g/mol. The minimum atomic E-state index is -2.14. The molecule has 6 nitrogen and oxygen atoms in total. The fourth-order valence-corrected chi connectivity index (χ4v) is 2.16. The number of hydrogen-bond acceptors (Lipinski definition) is 4. The van der Waals surface area contributed by atoms with Gasteiger partial charge in [-0.25, -0.2) is 4.21 Å². The van der Waals surface area contributed by atoms with Crippen LogP contribution in [-0.4, -0.2) is 26.8 Å². The van der Waals surface area contributed by atoms with Crippen LogP contribution in [0.3, 0.4) is 0 Å². The zero-order valence-corrected chi connectivity index (χ0v) is 10.4. The van der Waals surface area contributed by atoms with E-state index in [0.29, 0.717) is 13.1 Å². The van der Waals surface area contributed by atoms with E-state index in [4.69, 9.17) is 10.3 Å². The first kappa shape index (κ1) is 12.9. The van der Waals surface area contributed by atoms with Gasteiger partial charge < -0.3 is 5.73 Å². The minimum absolute atomic E-state index is 0.367. The maximum absolute atomic E-state index is 10.9. The van der Waals surface area contributed by atoms with Crippen molar-refractivity contribution in [1.82, 2.24) is 9.82 Å². The van der Waals surface area contributed by atoms with Gasteiger partial charge in [0.05, 0.1) is 5.69 Å². The summed E-state index contributed by atoms with van der Waals surface area (Å²) in [5.41, 5.74) is 6.31. The summed E-state index contributed by atoms with van der Waals surface area (Å²) in [7, 11) is 0. The van der Waals surface area contributed by atoms with Gasteiger partial charge in [0.2, 0.25) is 0 Å². The maximum atomic E-state index is 10.9. The summed E-state index contributed by atoms with van der Waals surface area (Å²) in [6, 6.07) is 7.52. The summed E-state index contributed by atoms with van der Waals surface area (Å²) in [6.07, 6.45) is 3.43. The lowest BCUT2D eigenvalue weighted by atomic mass is 10.1. The molecule has 2 aromatic rings. The third-order valence-electron chi connectivity index (χ3n) is 2.49. The second kappa shape index (κ2) is 5.87. The van der Waals surface area contributed by atoms with Crippen LogP contribution in [0.25, 0.3) is 10.8 Å². The van der Waals surface area contributed by atoms with Crippen LogP contribution >= 0.6 is 0 Å². The number of pyridine rings is 1. The Bertz CT molecular complexity index is 558. The van der Waals surface area contributed by atoms with Gasteiger partial charge in [-0.15, -0.1) is 4.83 Å². The quantitative estimate of drug-likeness (QED) is 0.545. The normalized spacial score (nSPS) is 12.6. The molecule has 1 aromatic carbocycles.